The van der Waals surface area contributed by atoms with Crippen LogP contribution in [0.5, 0.6) is 0 Å². The lowest BCUT2D eigenvalue weighted by molar-refractivity contribution is -0.159. The third-order valence-corrected chi connectivity index (χ3v) is 0.903. The highest BCUT2D eigenvalue weighted by atomic mass is 16.4. The van der Waals surface area contributed by atoms with Gasteiger partial charge in [-0.1, -0.05) is 0 Å². The maximum atomic E-state index is 9.94. The molecule has 0 unspecified atom stereocenters. The molecule has 4 heteroatoms. The van der Waals surface area contributed by atoms with E-state index in [9.17, 15) is 4.79 Å². The number of aliphatic carboxylic acids is 1. The van der Waals surface area contributed by atoms with Crippen molar-refractivity contribution >= 4 is 5.97 Å². The first kappa shape index (κ1) is 8.39. The summed E-state index contributed by atoms with van der Waals surface area (Å²) in [6.45, 7) is 2.46. The summed E-state index contributed by atoms with van der Waals surface area (Å²) in [5.74, 6) is -1.41. The Bertz CT molecular complexity index is 113. The number of carboxylic acid groups (broad SMARTS) is 1. The molecule has 0 bridgehead atoms. The maximum absolute atomic E-state index is 9.94. The monoisotopic (exact) mass is 134 g/mol. The molecule has 0 heterocycles. The molecule has 0 fully saturated rings. The minimum Gasteiger partial charge on any atom is -0.479 e. The number of hydrogen-bond donors (Lipinski definition) is 3. The van der Waals surface area contributed by atoms with Crippen LogP contribution in [0, 0.1) is 0 Å². The molecule has 4 nitrogen and oxygen atoms in total. The average Bonchev–Trinajstić information content (AvgIpc) is 1.62. The smallest absolute Gasteiger partial charge is 0.335 e. The van der Waals surface area contributed by atoms with E-state index in [2.05, 4.69) is 0 Å². The zero-order valence-corrected chi connectivity index (χ0v) is 5.33. The minimum absolute atomic E-state index is 1.23. The van der Waals surface area contributed by atoms with Crippen LogP contribution in [-0.4, -0.2) is 33.0 Å². The van der Waals surface area contributed by atoms with Crippen molar-refractivity contribution in [1.29, 1.82) is 0 Å². The SMILES string of the molecule is CC(C)(O)[C@H](O)C(=O)O. The van der Waals surface area contributed by atoms with E-state index < -0.39 is 17.7 Å². The van der Waals surface area contributed by atoms with E-state index in [-0.39, 0.29) is 0 Å². The summed E-state index contributed by atoms with van der Waals surface area (Å²) in [4.78, 5) is 9.94. The number of carbonyl (C=O) groups is 1. The summed E-state index contributed by atoms with van der Waals surface area (Å²) in [6.07, 6.45) is -1.71. The van der Waals surface area contributed by atoms with Crippen LogP contribution in [0.1, 0.15) is 13.8 Å². The molecule has 1 atom stereocenters. The Labute approximate surface area is 52.7 Å². The topological polar surface area (TPSA) is 77.8 Å². The van der Waals surface area contributed by atoms with Crippen LogP contribution in [-0.2, 0) is 4.79 Å². The molecule has 0 aliphatic carbocycles. The normalized spacial score (nSPS) is 15.1. The Balaban J connectivity index is 4.04. The maximum Gasteiger partial charge on any atom is 0.335 e. The third-order valence-electron chi connectivity index (χ3n) is 0.903. The van der Waals surface area contributed by atoms with E-state index in [1.54, 1.807) is 0 Å². The van der Waals surface area contributed by atoms with Gasteiger partial charge in [-0.25, -0.2) is 4.79 Å². The van der Waals surface area contributed by atoms with Gasteiger partial charge in [-0.05, 0) is 13.8 Å². The highest BCUT2D eigenvalue weighted by Crippen LogP contribution is 2.07. The van der Waals surface area contributed by atoms with Gasteiger partial charge in [0.1, 0.15) is 0 Å². The highest BCUT2D eigenvalue weighted by molar-refractivity contribution is 5.73. The first-order chi connectivity index (χ1) is 3.85. The lowest BCUT2D eigenvalue weighted by Gasteiger charge is -2.19. The molecule has 0 aliphatic heterocycles. The molecule has 0 rings (SSSR count). The van der Waals surface area contributed by atoms with Crippen LogP contribution in [0.15, 0.2) is 0 Å². The van der Waals surface area contributed by atoms with E-state index in [4.69, 9.17) is 15.3 Å². The summed E-state index contributed by atoms with van der Waals surface area (Å²) >= 11 is 0. The average molecular weight is 134 g/mol. The van der Waals surface area contributed by atoms with Gasteiger partial charge in [0.2, 0.25) is 0 Å². The van der Waals surface area contributed by atoms with Gasteiger partial charge in [0, 0.05) is 0 Å². The van der Waals surface area contributed by atoms with Crippen molar-refractivity contribution in [2.75, 3.05) is 0 Å². The van der Waals surface area contributed by atoms with Gasteiger partial charge in [-0.15, -0.1) is 0 Å². The first-order valence-corrected chi connectivity index (χ1v) is 2.49. The van der Waals surface area contributed by atoms with Crippen molar-refractivity contribution in [2.24, 2.45) is 0 Å². The van der Waals surface area contributed by atoms with E-state index >= 15 is 0 Å². The fourth-order valence-electron chi connectivity index (χ4n) is 0.302. The van der Waals surface area contributed by atoms with E-state index in [0.29, 0.717) is 0 Å². The largest absolute Gasteiger partial charge is 0.479 e. The number of rotatable bonds is 2. The molecule has 0 radical (unpaired) electrons. The Kier molecular flexibility index (Phi) is 2.17. The standard InChI is InChI=1S/C5H10O4/c1-5(2,9)3(6)4(7)8/h3,6,9H,1-2H3,(H,7,8)/t3-/m1/s1. The first-order valence-electron chi connectivity index (χ1n) is 2.49. The van der Waals surface area contributed by atoms with Gasteiger partial charge >= 0.3 is 5.97 Å². The third kappa shape index (κ3) is 2.43. The summed E-state index contributed by atoms with van der Waals surface area (Å²) in [5.41, 5.74) is -1.56. The Hall–Kier alpha value is -0.610. The van der Waals surface area contributed by atoms with Crippen molar-refractivity contribution in [2.45, 2.75) is 25.6 Å². The molecule has 0 aliphatic rings. The van der Waals surface area contributed by atoms with Gasteiger partial charge in [0.15, 0.2) is 6.10 Å². The molecule has 0 saturated carbocycles. The quantitative estimate of drug-likeness (QED) is 0.462. The van der Waals surface area contributed by atoms with Crippen LogP contribution in [0.25, 0.3) is 0 Å². The van der Waals surface area contributed by atoms with Gasteiger partial charge in [0.05, 0.1) is 5.60 Å². The second-order valence-corrected chi connectivity index (χ2v) is 2.39. The fourth-order valence-corrected chi connectivity index (χ4v) is 0.302. The number of hydrogen-bond acceptors (Lipinski definition) is 3. The number of carboxylic acids is 1. The lowest BCUT2D eigenvalue weighted by atomic mass is 10.0. The molecule has 0 aromatic heterocycles. The van der Waals surface area contributed by atoms with Crippen molar-refractivity contribution in [3.05, 3.63) is 0 Å². The predicted octanol–water partition coefficient (Wildman–Crippen LogP) is -0.797. The molecular weight excluding hydrogens is 124 g/mol. The van der Waals surface area contributed by atoms with Gasteiger partial charge in [0.25, 0.3) is 0 Å². The Morgan fingerprint density at radius 3 is 1.89 bits per heavy atom. The fraction of sp³-hybridized carbons (Fsp3) is 0.800. The second-order valence-electron chi connectivity index (χ2n) is 2.39. The zero-order chi connectivity index (χ0) is 7.65. The van der Waals surface area contributed by atoms with Gasteiger partial charge < -0.3 is 15.3 Å². The Morgan fingerprint density at radius 2 is 1.89 bits per heavy atom. The lowest BCUT2D eigenvalue weighted by Crippen LogP contribution is -2.41. The number of aliphatic hydroxyl groups is 2. The van der Waals surface area contributed by atoms with Crippen LogP contribution >= 0.6 is 0 Å². The van der Waals surface area contributed by atoms with E-state index in [0.717, 1.165) is 0 Å². The van der Waals surface area contributed by atoms with Crippen LogP contribution < -0.4 is 0 Å². The summed E-state index contributed by atoms with van der Waals surface area (Å²) in [7, 11) is 0. The van der Waals surface area contributed by atoms with Gasteiger partial charge in [-0.2, -0.15) is 0 Å². The second kappa shape index (κ2) is 2.33. The molecule has 9 heavy (non-hydrogen) atoms. The van der Waals surface area contributed by atoms with Crippen molar-refractivity contribution in [3.63, 3.8) is 0 Å². The molecular formula is C5H10O4. The molecule has 54 valence electrons. The summed E-state index contributed by atoms with van der Waals surface area (Å²) in [5, 5.41) is 25.5. The molecule has 3 N–H and O–H groups in total. The van der Waals surface area contributed by atoms with Crippen LogP contribution in [0.2, 0.25) is 0 Å². The van der Waals surface area contributed by atoms with Crippen molar-refractivity contribution < 1.29 is 20.1 Å². The molecule has 0 spiro atoms. The van der Waals surface area contributed by atoms with Gasteiger partial charge in [-0.3, -0.25) is 0 Å². The van der Waals surface area contributed by atoms with Crippen LogP contribution in [0.3, 0.4) is 0 Å². The van der Waals surface area contributed by atoms with Crippen LogP contribution in [0.4, 0.5) is 0 Å². The summed E-state index contributed by atoms with van der Waals surface area (Å²) in [6, 6.07) is 0. The minimum atomic E-state index is -1.71. The number of aliphatic hydroxyl groups excluding tert-OH is 1. The van der Waals surface area contributed by atoms with E-state index in [1.807, 2.05) is 0 Å². The molecule has 0 amide bonds. The molecule has 0 aromatic carbocycles. The molecule has 0 saturated heterocycles. The molecule has 0 aromatic rings. The van der Waals surface area contributed by atoms with E-state index in [1.165, 1.54) is 13.8 Å². The Morgan fingerprint density at radius 1 is 1.56 bits per heavy atom. The van der Waals surface area contributed by atoms with Crippen molar-refractivity contribution in [1.82, 2.24) is 0 Å². The predicted molar refractivity (Wildman–Crippen MR) is 29.9 cm³/mol. The highest BCUT2D eigenvalue weighted by Gasteiger charge is 2.30. The zero-order valence-electron chi connectivity index (χ0n) is 5.33. The van der Waals surface area contributed by atoms with Crippen molar-refractivity contribution in [3.8, 4) is 0 Å². The summed E-state index contributed by atoms with van der Waals surface area (Å²) < 4.78 is 0.